The Balaban J connectivity index is 1.35. The quantitative estimate of drug-likeness (QED) is 0.692. The lowest BCUT2D eigenvalue weighted by Crippen LogP contribution is -2.49. The van der Waals surface area contributed by atoms with E-state index < -0.39 is 0 Å². The van der Waals surface area contributed by atoms with Gasteiger partial charge in [-0.3, -0.25) is 14.5 Å². The van der Waals surface area contributed by atoms with E-state index in [0.717, 1.165) is 36.5 Å². The summed E-state index contributed by atoms with van der Waals surface area (Å²) in [5, 5.41) is 0. The van der Waals surface area contributed by atoms with Crippen molar-refractivity contribution in [3.8, 4) is 11.3 Å². The van der Waals surface area contributed by atoms with Crippen molar-refractivity contribution < 1.29 is 4.79 Å². The highest BCUT2D eigenvalue weighted by Crippen LogP contribution is 2.17. The topological polar surface area (TPSA) is 56.4 Å². The molecule has 158 valence electrons. The molecule has 1 amide bonds. The minimum absolute atomic E-state index is 0.198. The number of piperazine rings is 1. The SMILES string of the molecule is Cc1cccc(-c2ccc(C(=O)N3CCN(C/C=C\c4ccccc4)CC3)c(=O)[nH]2)c1. The summed E-state index contributed by atoms with van der Waals surface area (Å²) in [6, 6.07) is 21.6. The van der Waals surface area contributed by atoms with Crippen LogP contribution in [0.1, 0.15) is 21.5 Å². The van der Waals surface area contributed by atoms with Crippen LogP contribution in [-0.2, 0) is 0 Å². The molecule has 5 nitrogen and oxygen atoms in total. The van der Waals surface area contributed by atoms with Gasteiger partial charge in [0.25, 0.3) is 11.5 Å². The maximum atomic E-state index is 12.9. The van der Waals surface area contributed by atoms with E-state index in [9.17, 15) is 9.59 Å². The first-order valence-corrected chi connectivity index (χ1v) is 10.6. The van der Waals surface area contributed by atoms with Crippen LogP contribution in [0, 0.1) is 6.92 Å². The molecule has 1 N–H and O–H groups in total. The molecular formula is C26H27N3O2. The second-order valence-electron chi connectivity index (χ2n) is 7.89. The van der Waals surface area contributed by atoms with Gasteiger partial charge in [-0.1, -0.05) is 66.2 Å². The molecule has 2 aromatic carbocycles. The summed E-state index contributed by atoms with van der Waals surface area (Å²) < 4.78 is 0. The molecule has 0 bridgehead atoms. The van der Waals surface area contributed by atoms with Gasteiger partial charge in [-0.15, -0.1) is 0 Å². The molecular weight excluding hydrogens is 386 g/mol. The molecule has 31 heavy (non-hydrogen) atoms. The molecule has 1 aliphatic rings. The lowest BCUT2D eigenvalue weighted by Gasteiger charge is -2.34. The average Bonchev–Trinajstić information content (AvgIpc) is 2.80. The normalized spacial score (nSPS) is 14.8. The highest BCUT2D eigenvalue weighted by Gasteiger charge is 2.23. The summed E-state index contributed by atoms with van der Waals surface area (Å²) in [6.07, 6.45) is 4.27. The molecule has 2 heterocycles. The van der Waals surface area contributed by atoms with Crippen LogP contribution < -0.4 is 5.56 Å². The van der Waals surface area contributed by atoms with Crippen LogP contribution in [0.25, 0.3) is 17.3 Å². The lowest BCUT2D eigenvalue weighted by atomic mass is 10.1. The van der Waals surface area contributed by atoms with Crippen molar-refractivity contribution in [1.29, 1.82) is 0 Å². The summed E-state index contributed by atoms with van der Waals surface area (Å²) in [7, 11) is 0. The summed E-state index contributed by atoms with van der Waals surface area (Å²) in [5.41, 5.74) is 3.83. The molecule has 1 saturated heterocycles. The number of rotatable bonds is 5. The number of carbonyl (C=O) groups is 1. The van der Waals surface area contributed by atoms with E-state index in [1.165, 1.54) is 5.56 Å². The highest BCUT2D eigenvalue weighted by molar-refractivity contribution is 5.94. The first kappa shape index (κ1) is 20.8. The van der Waals surface area contributed by atoms with E-state index in [2.05, 4.69) is 34.2 Å². The maximum absolute atomic E-state index is 12.9. The molecule has 1 aliphatic heterocycles. The summed E-state index contributed by atoms with van der Waals surface area (Å²) >= 11 is 0. The predicted molar refractivity (Wildman–Crippen MR) is 125 cm³/mol. The summed E-state index contributed by atoms with van der Waals surface area (Å²) in [6.45, 7) is 5.70. The van der Waals surface area contributed by atoms with Crippen LogP contribution in [-0.4, -0.2) is 53.4 Å². The van der Waals surface area contributed by atoms with Crippen molar-refractivity contribution in [2.75, 3.05) is 32.7 Å². The molecule has 4 rings (SSSR count). The number of nitrogens with one attached hydrogen (secondary N) is 1. The fraction of sp³-hybridized carbons (Fsp3) is 0.231. The Morgan fingerprint density at radius 2 is 1.74 bits per heavy atom. The van der Waals surface area contributed by atoms with Gasteiger partial charge in [0.1, 0.15) is 5.56 Å². The Labute approximate surface area is 182 Å². The highest BCUT2D eigenvalue weighted by atomic mass is 16.2. The smallest absolute Gasteiger partial charge is 0.261 e. The van der Waals surface area contributed by atoms with Gasteiger partial charge in [-0.05, 0) is 36.2 Å². The van der Waals surface area contributed by atoms with E-state index in [1.807, 2.05) is 55.5 Å². The van der Waals surface area contributed by atoms with Crippen molar-refractivity contribution in [1.82, 2.24) is 14.8 Å². The van der Waals surface area contributed by atoms with Crippen molar-refractivity contribution in [3.05, 3.63) is 99.9 Å². The third-order valence-corrected chi connectivity index (χ3v) is 5.60. The van der Waals surface area contributed by atoms with Crippen LogP contribution in [0.5, 0.6) is 0 Å². The van der Waals surface area contributed by atoms with Crippen molar-refractivity contribution >= 4 is 12.0 Å². The number of H-pyrrole nitrogens is 1. The van der Waals surface area contributed by atoms with Crippen LogP contribution in [0.4, 0.5) is 0 Å². The van der Waals surface area contributed by atoms with Gasteiger partial charge in [0.2, 0.25) is 0 Å². The van der Waals surface area contributed by atoms with Gasteiger partial charge < -0.3 is 9.88 Å². The van der Waals surface area contributed by atoms with E-state index in [1.54, 1.807) is 11.0 Å². The number of hydrogen-bond acceptors (Lipinski definition) is 3. The molecule has 3 aromatic rings. The molecule has 0 saturated carbocycles. The van der Waals surface area contributed by atoms with Crippen LogP contribution in [0.2, 0.25) is 0 Å². The number of aryl methyl sites for hydroxylation is 1. The van der Waals surface area contributed by atoms with Crippen LogP contribution in [0.15, 0.2) is 77.6 Å². The fourth-order valence-corrected chi connectivity index (χ4v) is 3.83. The van der Waals surface area contributed by atoms with E-state index >= 15 is 0 Å². The van der Waals surface area contributed by atoms with Gasteiger partial charge in [0, 0.05) is 38.4 Å². The third-order valence-electron chi connectivity index (χ3n) is 5.60. The first-order chi connectivity index (χ1) is 15.1. The van der Waals surface area contributed by atoms with Crippen molar-refractivity contribution in [2.45, 2.75) is 6.92 Å². The molecule has 5 heteroatoms. The molecule has 0 aliphatic carbocycles. The lowest BCUT2D eigenvalue weighted by molar-refractivity contribution is 0.0648. The van der Waals surface area contributed by atoms with Gasteiger partial charge in [-0.25, -0.2) is 0 Å². The second kappa shape index (κ2) is 9.58. The molecule has 0 unspecified atom stereocenters. The maximum Gasteiger partial charge on any atom is 0.261 e. The molecule has 1 fully saturated rings. The number of amides is 1. The van der Waals surface area contributed by atoms with E-state index in [0.29, 0.717) is 13.1 Å². The first-order valence-electron chi connectivity index (χ1n) is 10.6. The van der Waals surface area contributed by atoms with E-state index in [-0.39, 0.29) is 17.0 Å². The fourth-order valence-electron chi connectivity index (χ4n) is 3.83. The zero-order chi connectivity index (χ0) is 21.6. The van der Waals surface area contributed by atoms with Crippen molar-refractivity contribution in [3.63, 3.8) is 0 Å². The number of aromatic amines is 1. The number of benzene rings is 2. The summed E-state index contributed by atoms with van der Waals surface area (Å²) in [4.78, 5) is 32.5. The Hall–Kier alpha value is -3.44. The average molecular weight is 414 g/mol. The minimum atomic E-state index is -0.336. The Morgan fingerprint density at radius 1 is 0.968 bits per heavy atom. The third kappa shape index (κ3) is 5.19. The van der Waals surface area contributed by atoms with E-state index in [4.69, 9.17) is 0 Å². The number of nitrogens with zero attached hydrogens (tertiary/aromatic N) is 2. The molecule has 0 spiro atoms. The Morgan fingerprint density at radius 3 is 2.45 bits per heavy atom. The number of aromatic nitrogens is 1. The van der Waals surface area contributed by atoms with Crippen LogP contribution in [0.3, 0.4) is 0 Å². The Bertz CT molecular complexity index is 1130. The zero-order valence-corrected chi connectivity index (χ0v) is 17.8. The second-order valence-corrected chi connectivity index (χ2v) is 7.89. The largest absolute Gasteiger partial charge is 0.336 e. The van der Waals surface area contributed by atoms with Gasteiger partial charge in [0.15, 0.2) is 0 Å². The number of hydrogen-bond donors (Lipinski definition) is 1. The molecule has 0 radical (unpaired) electrons. The minimum Gasteiger partial charge on any atom is -0.336 e. The van der Waals surface area contributed by atoms with Gasteiger partial charge in [0.05, 0.1) is 0 Å². The molecule has 0 atom stereocenters. The monoisotopic (exact) mass is 413 g/mol. The Kier molecular flexibility index (Phi) is 6.43. The van der Waals surface area contributed by atoms with Crippen LogP contribution >= 0.6 is 0 Å². The van der Waals surface area contributed by atoms with Gasteiger partial charge in [-0.2, -0.15) is 0 Å². The number of pyridine rings is 1. The molecule has 1 aromatic heterocycles. The number of carbonyl (C=O) groups excluding carboxylic acids is 1. The predicted octanol–water partition coefficient (Wildman–Crippen LogP) is 3.82. The zero-order valence-electron chi connectivity index (χ0n) is 17.8. The summed E-state index contributed by atoms with van der Waals surface area (Å²) in [5.74, 6) is -0.198. The van der Waals surface area contributed by atoms with Gasteiger partial charge >= 0.3 is 0 Å². The van der Waals surface area contributed by atoms with Crippen molar-refractivity contribution in [2.24, 2.45) is 0 Å². The standard InChI is InChI=1S/C26H27N3O2/c1-20-7-5-11-22(19-20)24-13-12-23(25(30)27-24)26(31)29-17-15-28(16-18-29)14-6-10-21-8-3-2-4-9-21/h2-13,19H,14-18H2,1H3,(H,27,30)/b10-6-.